The summed E-state index contributed by atoms with van der Waals surface area (Å²) in [6, 6.07) is 13.3. The van der Waals surface area contributed by atoms with Gasteiger partial charge >= 0.3 is 0 Å². The summed E-state index contributed by atoms with van der Waals surface area (Å²) in [4.78, 5) is 15.6. The molecule has 0 spiro atoms. The minimum atomic E-state index is -0.160. The van der Waals surface area contributed by atoms with Crippen molar-refractivity contribution < 1.29 is 9.53 Å². The van der Waals surface area contributed by atoms with Gasteiger partial charge in [-0.1, -0.05) is 35.3 Å². The number of rotatable bonds is 6. The molecule has 2 heterocycles. The Bertz CT molecular complexity index is 1140. The molecule has 1 aromatic heterocycles. The number of hydrogen-bond acceptors (Lipinski definition) is 4. The van der Waals surface area contributed by atoms with Crippen LogP contribution in [0.25, 0.3) is 5.69 Å². The SMILES string of the molecule is O=C(Nc1cccc(CN2CCOCC2)c1)c1cnn(-c2ccc(Cl)cc2Cl)c1C1CC1. The van der Waals surface area contributed by atoms with Crippen LogP contribution in [0.4, 0.5) is 5.69 Å². The van der Waals surface area contributed by atoms with Gasteiger partial charge in [0.15, 0.2) is 0 Å². The zero-order chi connectivity index (χ0) is 22.1. The predicted octanol–water partition coefficient (Wildman–Crippen LogP) is 5.14. The van der Waals surface area contributed by atoms with E-state index in [-0.39, 0.29) is 5.91 Å². The van der Waals surface area contributed by atoms with Gasteiger partial charge in [-0.05, 0) is 48.7 Å². The van der Waals surface area contributed by atoms with Gasteiger partial charge in [-0.2, -0.15) is 5.10 Å². The average Bonchev–Trinajstić information content (AvgIpc) is 3.53. The third-order valence-electron chi connectivity index (χ3n) is 5.85. The third-order valence-corrected chi connectivity index (χ3v) is 6.39. The lowest BCUT2D eigenvalue weighted by Crippen LogP contribution is -2.35. The summed E-state index contributed by atoms with van der Waals surface area (Å²) in [6.07, 6.45) is 3.70. The Morgan fingerprint density at radius 1 is 1.12 bits per heavy atom. The average molecular weight is 471 g/mol. The second kappa shape index (κ2) is 9.24. The molecule has 0 radical (unpaired) electrons. The highest BCUT2D eigenvalue weighted by atomic mass is 35.5. The fraction of sp³-hybridized carbons (Fsp3) is 0.333. The van der Waals surface area contributed by atoms with Crippen molar-refractivity contribution in [1.29, 1.82) is 0 Å². The Kier molecular flexibility index (Phi) is 6.20. The summed E-state index contributed by atoms with van der Waals surface area (Å²) >= 11 is 12.5. The number of carbonyl (C=O) groups is 1. The molecule has 0 bridgehead atoms. The second-order valence-corrected chi connectivity index (χ2v) is 9.11. The molecule has 1 saturated carbocycles. The van der Waals surface area contributed by atoms with Gasteiger partial charge in [-0.15, -0.1) is 0 Å². The highest BCUT2D eigenvalue weighted by Gasteiger charge is 2.33. The molecule has 2 aliphatic rings. The summed E-state index contributed by atoms with van der Waals surface area (Å²) in [5.74, 6) is 0.143. The van der Waals surface area contributed by atoms with Crippen LogP contribution in [-0.2, 0) is 11.3 Å². The van der Waals surface area contributed by atoms with Crippen LogP contribution in [0, 0.1) is 0 Å². The minimum absolute atomic E-state index is 0.160. The molecule has 166 valence electrons. The van der Waals surface area contributed by atoms with Crippen molar-refractivity contribution in [3.05, 3.63) is 75.5 Å². The number of ether oxygens (including phenoxy) is 1. The van der Waals surface area contributed by atoms with Crippen molar-refractivity contribution in [2.24, 2.45) is 0 Å². The number of nitrogens with zero attached hydrogens (tertiary/aromatic N) is 3. The zero-order valence-electron chi connectivity index (χ0n) is 17.6. The Balaban J connectivity index is 1.37. The molecule has 2 fully saturated rings. The van der Waals surface area contributed by atoms with Crippen LogP contribution >= 0.6 is 23.2 Å². The summed E-state index contributed by atoms with van der Waals surface area (Å²) in [7, 11) is 0. The minimum Gasteiger partial charge on any atom is -0.379 e. The number of amides is 1. The molecule has 2 aromatic carbocycles. The first kappa shape index (κ1) is 21.5. The highest BCUT2D eigenvalue weighted by molar-refractivity contribution is 6.35. The molecule has 32 heavy (non-hydrogen) atoms. The van der Waals surface area contributed by atoms with E-state index < -0.39 is 0 Å². The van der Waals surface area contributed by atoms with E-state index in [1.54, 1.807) is 23.0 Å². The largest absolute Gasteiger partial charge is 0.379 e. The topological polar surface area (TPSA) is 59.4 Å². The van der Waals surface area contributed by atoms with E-state index in [0.29, 0.717) is 21.5 Å². The van der Waals surface area contributed by atoms with Crippen LogP contribution in [0.2, 0.25) is 10.0 Å². The Morgan fingerprint density at radius 2 is 1.94 bits per heavy atom. The van der Waals surface area contributed by atoms with Crippen molar-refractivity contribution >= 4 is 34.8 Å². The van der Waals surface area contributed by atoms with Gasteiger partial charge in [0.2, 0.25) is 0 Å². The van der Waals surface area contributed by atoms with E-state index in [1.807, 2.05) is 24.3 Å². The summed E-state index contributed by atoms with van der Waals surface area (Å²) in [6.45, 7) is 4.22. The summed E-state index contributed by atoms with van der Waals surface area (Å²) in [5, 5.41) is 8.63. The van der Waals surface area contributed by atoms with Crippen molar-refractivity contribution in [3.63, 3.8) is 0 Å². The molecule has 1 aliphatic carbocycles. The van der Waals surface area contributed by atoms with Crippen molar-refractivity contribution in [1.82, 2.24) is 14.7 Å². The number of aromatic nitrogens is 2. The quantitative estimate of drug-likeness (QED) is 0.541. The van der Waals surface area contributed by atoms with E-state index in [9.17, 15) is 4.79 Å². The molecule has 1 saturated heterocycles. The summed E-state index contributed by atoms with van der Waals surface area (Å²) < 4.78 is 7.20. The van der Waals surface area contributed by atoms with Crippen LogP contribution < -0.4 is 5.32 Å². The predicted molar refractivity (Wildman–Crippen MR) is 126 cm³/mol. The smallest absolute Gasteiger partial charge is 0.259 e. The monoisotopic (exact) mass is 470 g/mol. The number of hydrogen-bond donors (Lipinski definition) is 1. The van der Waals surface area contributed by atoms with Crippen LogP contribution in [0.5, 0.6) is 0 Å². The number of benzene rings is 2. The van der Waals surface area contributed by atoms with Gasteiger partial charge in [0, 0.05) is 36.3 Å². The van der Waals surface area contributed by atoms with Crippen molar-refractivity contribution in [2.45, 2.75) is 25.3 Å². The number of anilines is 1. The Hall–Kier alpha value is -2.38. The van der Waals surface area contributed by atoms with Crippen molar-refractivity contribution in [3.8, 4) is 5.69 Å². The lowest BCUT2D eigenvalue weighted by Gasteiger charge is -2.26. The van der Waals surface area contributed by atoms with Gasteiger partial charge in [0.1, 0.15) is 0 Å². The van der Waals surface area contributed by atoms with Crippen LogP contribution in [0.1, 0.15) is 40.4 Å². The zero-order valence-corrected chi connectivity index (χ0v) is 19.1. The summed E-state index contributed by atoms with van der Waals surface area (Å²) in [5.41, 5.74) is 4.15. The lowest BCUT2D eigenvalue weighted by atomic mass is 10.1. The molecular formula is C24H24Cl2N4O2. The van der Waals surface area contributed by atoms with E-state index in [1.165, 1.54) is 0 Å². The van der Waals surface area contributed by atoms with E-state index in [4.69, 9.17) is 27.9 Å². The van der Waals surface area contributed by atoms with Gasteiger partial charge in [-0.25, -0.2) is 4.68 Å². The van der Waals surface area contributed by atoms with Gasteiger partial charge in [0.05, 0.1) is 41.4 Å². The van der Waals surface area contributed by atoms with Crippen LogP contribution in [0.15, 0.2) is 48.7 Å². The molecule has 3 aromatic rings. The molecule has 1 amide bonds. The standard InChI is InChI=1S/C24H24Cl2N4O2/c25-18-6-7-22(21(26)13-18)30-23(17-4-5-17)20(14-27-30)24(31)28-19-3-1-2-16(12-19)15-29-8-10-32-11-9-29/h1-3,6-7,12-14,17H,4-5,8-11,15H2,(H,28,31). The first-order valence-electron chi connectivity index (χ1n) is 10.8. The second-order valence-electron chi connectivity index (χ2n) is 8.27. The molecule has 1 aliphatic heterocycles. The molecule has 6 nitrogen and oxygen atoms in total. The van der Waals surface area contributed by atoms with E-state index >= 15 is 0 Å². The molecule has 0 atom stereocenters. The fourth-order valence-corrected chi connectivity index (χ4v) is 4.58. The van der Waals surface area contributed by atoms with E-state index in [0.717, 1.165) is 68.3 Å². The van der Waals surface area contributed by atoms with Gasteiger partial charge in [-0.3, -0.25) is 9.69 Å². The number of halogens is 2. The molecule has 5 rings (SSSR count). The van der Waals surface area contributed by atoms with Crippen molar-refractivity contribution in [2.75, 3.05) is 31.6 Å². The fourth-order valence-electron chi connectivity index (χ4n) is 4.09. The van der Waals surface area contributed by atoms with Crippen LogP contribution in [-0.4, -0.2) is 46.9 Å². The molecule has 1 N–H and O–H groups in total. The number of carbonyl (C=O) groups excluding carboxylic acids is 1. The lowest BCUT2D eigenvalue weighted by molar-refractivity contribution is 0.0342. The number of morpholine rings is 1. The van der Waals surface area contributed by atoms with Gasteiger partial charge in [0.25, 0.3) is 5.91 Å². The maximum Gasteiger partial charge on any atom is 0.259 e. The Labute approximate surface area is 197 Å². The highest BCUT2D eigenvalue weighted by Crippen LogP contribution is 2.43. The Morgan fingerprint density at radius 3 is 2.69 bits per heavy atom. The molecular weight excluding hydrogens is 447 g/mol. The molecule has 0 unspecified atom stereocenters. The number of nitrogens with one attached hydrogen (secondary N) is 1. The first-order chi connectivity index (χ1) is 15.6. The molecule has 8 heteroatoms. The first-order valence-corrected chi connectivity index (χ1v) is 11.6. The third kappa shape index (κ3) is 4.69. The van der Waals surface area contributed by atoms with Crippen LogP contribution in [0.3, 0.4) is 0 Å². The maximum absolute atomic E-state index is 13.2. The normalized spacial score (nSPS) is 16.8. The van der Waals surface area contributed by atoms with Gasteiger partial charge < -0.3 is 10.1 Å². The maximum atomic E-state index is 13.2. The van der Waals surface area contributed by atoms with E-state index in [2.05, 4.69) is 21.4 Å².